The van der Waals surface area contributed by atoms with Crippen molar-refractivity contribution >= 4 is 11.9 Å². The average molecular weight is 144 g/mol. The largest absolute Gasteiger partial charge is 0.391 e. The van der Waals surface area contributed by atoms with Crippen LogP contribution in [-0.2, 0) is 14.3 Å². The summed E-state index contributed by atoms with van der Waals surface area (Å²) >= 11 is 0. The van der Waals surface area contributed by atoms with E-state index < -0.39 is 18.0 Å². The summed E-state index contributed by atoms with van der Waals surface area (Å²) in [5.41, 5.74) is 1.90. The molecule has 0 radical (unpaired) electrons. The second-order valence-electron chi connectivity index (χ2n) is 1.77. The van der Waals surface area contributed by atoms with Gasteiger partial charge in [-0.3, -0.25) is 10.2 Å². The monoisotopic (exact) mass is 144 g/mol. The molecule has 0 aliphatic carbocycles. The van der Waals surface area contributed by atoms with Crippen LogP contribution >= 0.6 is 0 Å². The van der Waals surface area contributed by atoms with E-state index in [0.717, 1.165) is 0 Å². The zero-order valence-electron chi connectivity index (χ0n) is 4.86. The minimum absolute atomic E-state index is 0.120. The second-order valence-corrected chi connectivity index (χ2v) is 1.77. The zero-order chi connectivity index (χ0) is 7.56. The summed E-state index contributed by atoms with van der Waals surface area (Å²) in [4.78, 5) is 30.3. The van der Waals surface area contributed by atoms with Gasteiger partial charge in [0.2, 0.25) is 0 Å². The Morgan fingerprint density at radius 1 is 1.60 bits per heavy atom. The first-order valence-electron chi connectivity index (χ1n) is 2.56. The molecule has 0 saturated carbocycles. The first-order chi connectivity index (χ1) is 4.74. The Kier molecular flexibility index (Phi) is 1.61. The molecule has 0 aromatic rings. The number of rotatable bonds is 2. The van der Waals surface area contributed by atoms with Gasteiger partial charge in [-0.05, 0) is 0 Å². The zero-order valence-corrected chi connectivity index (χ0v) is 4.86. The summed E-state index contributed by atoms with van der Waals surface area (Å²) in [6.07, 6.45) is -0.120. The molecule has 0 aromatic heterocycles. The third kappa shape index (κ3) is 1.09. The van der Waals surface area contributed by atoms with Gasteiger partial charge < -0.3 is 4.74 Å². The van der Waals surface area contributed by atoms with Crippen molar-refractivity contribution in [1.29, 1.82) is 0 Å². The van der Waals surface area contributed by atoms with Gasteiger partial charge in [0, 0.05) is 0 Å². The number of nitroso groups, excluding NO2 is 1. The lowest BCUT2D eigenvalue weighted by atomic mass is 10.3. The van der Waals surface area contributed by atoms with Crippen molar-refractivity contribution < 1.29 is 14.3 Å². The number of hydrogen-bond donors (Lipinski definition) is 1. The molecule has 0 amide bonds. The molecule has 1 unspecified atom stereocenters. The molecule has 10 heavy (non-hydrogen) atoms. The molecular weight excluding hydrogens is 140 g/mol. The summed E-state index contributed by atoms with van der Waals surface area (Å²) in [5, 5.41) is 2.25. The van der Waals surface area contributed by atoms with Crippen LogP contribution in [-0.4, -0.2) is 18.0 Å². The van der Waals surface area contributed by atoms with Gasteiger partial charge in [-0.1, -0.05) is 0 Å². The van der Waals surface area contributed by atoms with Crippen LogP contribution in [0.15, 0.2) is 5.29 Å². The van der Waals surface area contributed by atoms with E-state index in [1.165, 1.54) is 0 Å². The van der Waals surface area contributed by atoms with E-state index >= 15 is 0 Å². The molecule has 1 saturated heterocycles. The Labute approximate surface area is 55.5 Å². The lowest BCUT2D eigenvalue weighted by molar-refractivity contribution is -0.152. The molecule has 0 aromatic carbocycles. The Bertz CT molecular complexity index is 190. The van der Waals surface area contributed by atoms with Gasteiger partial charge >= 0.3 is 11.9 Å². The van der Waals surface area contributed by atoms with Crippen LogP contribution in [0.5, 0.6) is 0 Å². The highest BCUT2D eigenvalue weighted by Crippen LogP contribution is 2.06. The van der Waals surface area contributed by atoms with E-state index in [1.54, 1.807) is 0 Å². The second kappa shape index (κ2) is 2.42. The van der Waals surface area contributed by atoms with Crippen LogP contribution in [0.25, 0.3) is 0 Å². The normalized spacial score (nSPS) is 24.2. The lowest BCUT2D eigenvalue weighted by Crippen LogP contribution is -2.28. The van der Waals surface area contributed by atoms with Crippen molar-refractivity contribution in [2.24, 2.45) is 5.29 Å². The number of nitrogens with zero attached hydrogens (tertiary/aromatic N) is 1. The topological polar surface area (TPSA) is 84.8 Å². The lowest BCUT2D eigenvalue weighted by Gasteiger charge is -1.96. The third-order valence-corrected chi connectivity index (χ3v) is 1.08. The van der Waals surface area contributed by atoms with Gasteiger partial charge in [-0.15, -0.1) is 4.91 Å². The van der Waals surface area contributed by atoms with Crippen LogP contribution in [0.3, 0.4) is 0 Å². The van der Waals surface area contributed by atoms with Gasteiger partial charge in [0.25, 0.3) is 0 Å². The number of ether oxygens (including phenoxy) is 1. The molecule has 1 fully saturated rings. The Morgan fingerprint density at radius 2 is 2.30 bits per heavy atom. The molecule has 6 nitrogen and oxygen atoms in total. The molecule has 1 atom stereocenters. The predicted molar refractivity (Wildman–Crippen MR) is 28.4 cm³/mol. The Morgan fingerprint density at radius 3 is 2.70 bits per heavy atom. The Balaban J connectivity index is 2.54. The summed E-state index contributed by atoms with van der Waals surface area (Å²) in [7, 11) is 0. The fraction of sp³-hybridized carbons (Fsp3) is 0.500. The van der Waals surface area contributed by atoms with Gasteiger partial charge in [0.05, 0.1) is 11.7 Å². The van der Waals surface area contributed by atoms with Crippen LogP contribution < -0.4 is 5.43 Å². The molecule has 1 N–H and O–H groups in total. The maximum atomic E-state index is 10.5. The number of esters is 2. The third-order valence-electron chi connectivity index (χ3n) is 1.08. The number of carbonyl (C=O) groups is 2. The van der Waals surface area contributed by atoms with E-state index in [0.29, 0.717) is 0 Å². The van der Waals surface area contributed by atoms with E-state index in [2.05, 4.69) is 10.0 Å². The SMILES string of the molecule is O=NNC1CC(=O)OC1=O. The van der Waals surface area contributed by atoms with Crippen LogP contribution in [0.2, 0.25) is 0 Å². The summed E-state index contributed by atoms with van der Waals surface area (Å²) < 4.78 is 4.09. The fourth-order valence-corrected chi connectivity index (χ4v) is 0.637. The molecular formula is C4H4N2O4. The summed E-state index contributed by atoms with van der Waals surface area (Å²) in [5.74, 6) is -1.38. The minimum Gasteiger partial charge on any atom is -0.391 e. The summed E-state index contributed by atoms with van der Waals surface area (Å²) in [6.45, 7) is 0. The molecule has 1 aliphatic heterocycles. The maximum absolute atomic E-state index is 10.5. The van der Waals surface area contributed by atoms with Crippen molar-refractivity contribution in [2.75, 3.05) is 0 Å². The molecule has 0 bridgehead atoms. The fourth-order valence-electron chi connectivity index (χ4n) is 0.637. The first-order valence-corrected chi connectivity index (χ1v) is 2.56. The molecule has 1 heterocycles. The number of nitrogens with one attached hydrogen (secondary N) is 1. The predicted octanol–water partition coefficient (Wildman–Crippen LogP) is -0.901. The minimum atomic E-state index is -0.884. The highest BCUT2D eigenvalue weighted by molar-refractivity contribution is 5.96. The maximum Gasteiger partial charge on any atom is 0.338 e. The van der Waals surface area contributed by atoms with Crippen LogP contribution in [0.1, 0.15) is 6.42 Å². The van der Waals surface area contributed by atoms with E-state index in [4.69, 9.17) is 0 Å². The van der Waals surface area contributed by atoms with Gasteiger partial charge in [-0.25, -0.2) is 4.79 Å². The quantitative estimate of drug-likeness (QED) is 0.235. The smallest absolute Gasteiger partial charge is 0.338 e. The first kappa shape index (κ1) is 6.66. The highest BCUT2D eigenvalue weighted by Gasteiger charge is 2.33. The van der Waals surface area contributed by atoms with E-state index in [1.807, 2.05) is 5.43 Å². The van der Waals surface area contributed by atoms with Gasteiger partial charge in [0.1, 0.15) is 0 Å². The number of hydrogen-bond acceptors (Lipinski definition) is 5. The van der Waals surface area contributed by atoms with Crippen molar-refractivity contribution in [3.63, 3.8) is 0 Å². The van der Waals surface area contributed by atoms with Crippen LogP contribution in [0, 0.1) is 4.91 Å². The van der Waals surface area contributed by atoms with Crippen molar-refractivity contribution in [3.8, 4) is 0 Å². The van der Waals surface area contributed by atoms with Crippen LogP contribution in [0.4, 0.5) is 0 Å². The van der Waals surface area contributed by atoms with E-state index in [-0.39, 0.29) is 6.42 Å². The molecule has 0 spiro atoms. The van der Waals surface area contributed by atoms with Crippen molar-refractivity contribution in [2.45, 2.75) is 12.5 Å². The van der Waals surface area contributed by atoms with E-state index in [9.17, 15) is 14.5 Å². The summed E-state index contributed by atoms with van der Waals surface area (Å²) in [6, 6.07) is -0.884. The number of cyclic esters (lactones) is 2. The Hall–Kier alpha value is -1.46. The molecule has 1 aliphatic rings. The molecule has 1 rings (SSSR count). The standard InChI is InChI=1S/C4H4N2O4/c7-3-1-2(5-6-9)4(8)10-3/h2H,1H2,(H,5,9). The van der Waals surface area contributed by atoms with Crippen molar-refractivity contribution in [3.05, 3.63) is 4.91 Å². The average Bonchev–Trinajstić information content (AvgIpc) is 2.13. The highest BCUT2D eigenvalue weighted by atomic mass is 16.6. The number of carbonyl (C=O) groups excluding carboxylic acids is 2. The molecule has 54 valence electrons. The van der Waals surface area contributed by atoms with Crippen molar-refractivity contribution in [1.82, 2.24) is 5.43 Å². The molecule has 6 heteroatoms. The van der Waals surface area contributed by atoms with Gasteiger partial charge in [-0.2, -0.15) is 0 Å². The van der Waals surface area contributed by atoms with Gasteiger partial charge in [0.15, 0.2) is 6.04 Å².